The molecule has 0 saturated heterocycles. The van der Waals surface area contributed by atoms with E-state index in [0.29, 0.717) is 5.95 Å². The molecule has 0 spiro atoms. The molecule has 0 radical (unpaired) electrons. The highest BCUT2D eigenvalue weighted by Crippen LogP contribution is 2.59. The van der Waals surface area contributed by atoms with Gasteiger partial charge in [0.2, 0.25) is 5.95 Å². The molecule has 2 aromatic rings. The van der Waals surface area contributed by atoms with Gasteiger partial charge in [-0.1, -0.05) is 15.9 Å². The van der Waals surface area contributed by atoms with Crippen LogP contribution in [0.25, 0.3) is 11.0 Å². The Labute approximate surface area is 133 Å². The highest BCUT2D eigenvalue weighted by molar-refractivity contribution is 9.10. The normalized spacial score (nSPS) is 37.5. The van der Waals surface area contributed by atoms with E-state index in [1.807, 2.05) is 0 Å². The molecule has 0 amide bonds. The van der Waals surface area contributed by atoms with E-state index in [1.165, 1.54) is 44.0 Å². The minimum Gasteiger partial charge on any atom is -0.369 e. The Morgan fingerprint density at radius 2 is 1.71 bits per heavy atom. The maximum atomic E-state index is 6.36. The van der Waals surface area contributed by atoms with E-state index >= 15 is 0 Å². The number of halogens is 1. The van der Waals surface area contributed by atoms with E-state index in [2.05, 4.69) is 43.7 Å². The lowest BCUT2D eigenvalue weighted by molar-refractivity contribution is -0.0398. The number of imidazole rings is 1. The summed E-state index contributed by atoms with van der Waals surface area (Å²) in [5.41, 5.74) is 8.85. The van der Waals surface area contributed by atoms with Crippen molar-refractivity contribution in [1.29, 1.82) is 0 Å². The molecular formula is C17H20BrN3. The number of nitrogens with zero attached hydrogens (tertiary/aromatic N) is 2. The first-order valence-corrected chi connectivity index (χ1v) is 8.86. The summed E-state index contributed by atoms with van der Waals surface area (Å²) in [6.45, 7) is 0. The molecule has 4 heteroatoms. The van der Waals surface area contributed by atoms with E-state index in [0.717, 1.165) is 27.7 Å². The predicted molar refractivity (Wildman–Crippen MR) is 88.0 cm³/mol. The molecule has 0 unspecified atom stereocenters. The Balaban J connectivity index is 1.73. The summed E-state index contributed by atoms with van der Waals surface area (Å²) in [4.78, 5) is 4.63. The van der Waals surface area contributed by atoms with Gasteiger partial charge in [0.05, 0.1) is 11.0 Å². The van der Waals surface area contributed by atoms with Gasteiger partial charge in [-0.05, 0) is 74.5 Å². The maximum absolute atomic E-state index is 6.36. The average Bonchev–Trinajstić information content (AvgIpc) is 2.72. The summed E-state index contributed by atoms with van der Waals surface area (Å²) in [5.74, 6) is 3.46. The fourth-order valence-electron chi connectivity index (χ4n) is 5.90. The summed E-state index contributed by atoms with van der Waals surface area (Å²) >= 11 is 3.60. The minimum atomic E-state index is 0.244. The number of hydrogen-bond acceptors (Lipinski definition) is 2. The Kier molecular flexibility index (Phi) is 2.40. The van der Waals surface area contributed by atoms with E-state index in [1.54, 1.807) is 0 Å². The summed E-state index contributed by atoms with van der Waals surface area (Å²) in [6.07, 6.45) is 8.28. The second-order valence-electron chi connectivity index (χ2n) is 7.58. The lowest BCUT2D eigenvalue weighted by Gasteiger charge is -2.57. The summed E-state index contributed by atoms with van der Waals surface area (Å²) in [6, 6.07) is 6.32. The largest absolute Gasteiger partial charge is 0.369 e. The van der Waals surface area contributed by atoms with Gasteiger partial charge in [0.25, 0.3) is 0 Å². The molecule has 1 heterocycles. The maximum Gasteiger partial charge on any atom is 0.201 e. The predicted octanol–water partition coefficient (Wildman–Crippen LogP) is 4.31. The lowest BCUT2D eigenvalue weighted by atomic mass is 9.53. The molecule has 4 saturated carbocycles. The zero-order valence-electron chi connectivity index (χ0n) is 12.1. The van der Waals surface area contributed by atoms with Crippen LogP contribution in [0.2, 0.25) is 0 Å². The molecule has 0 atom stereocenters. The molecule has 3 nitrogen and oxygen atoms in total. The molecule has 4 aliphatic rings. The smallest absolute Gasteiger partial charge is 0.201 e. The van der Waals surface area contributed by atoms with Crippen molar-refractivity contribution in [2.24, 2.45) is 17.8 Å². The van der Waals surface area contributed by atoms with Gasteiger partial charge in [0.1, 0.15) is 0 Å². The van der Waals surface area contributed by atoms with Crippen LogP contribution in [0.3, 0.4) is 0 Å². The number of hydrogen-bond donors (Lipinski definition) is 1. The van der Waals surface area contributed by atoms with Crippen LogP contribution in [0.4, 0.5) is 5.95 Å². The second kappa shape index (κ2) is 4.03. The number of fused-ring (bicyclic) bond motifs is 1. The Morgan fingerprint density at radius 3 is 2.33 bits per heavy atom. The third kappa shape index (κ3) is 1.68. The van der Waals surface area contributed by atoms with Crippen molar-refractivity contribution in [3.63, 3.8) is 0 Å². The molecule has 4 fully saturated rings. The molecule has 6 rings (SSSR count). The van der Waals surface area contributed by atoms with Gasteiger partial charge in [0.15, 0.2) is 0 Å². The van der Waals surface area contributed by atoms with Crippen LogP contribution >= 0.6 is 15.9 Å². The first-order valence-electron chi connectivity index (χ1n) is 8.07. The zero-order valence-corrected chi connectivity index (χ0v) is 13.6. The van der Waals surface area contributed by atoms with E-state index in [4.69, 9.17) is 5.73 Å². The number of aromatic nitrogens is 2. The number of benzene rings is 1. The van der Waals surface area contributed by atoms with Crippen LogP contribution in [0.15, 0.2) is 22.7 Å². The van der Waals surface area contributed by atoms with E-state index < -0.39 is 0 Å². The first kappa shape index (κ1) is 12.5. The third-order valence-electron chi connectivity index (χ3n) is 6.12. The quantitative estimate of drug-likeness (QED) is 0.836. The number of nitrogens with two attached hydrogens (primary N) is 1. The lowest BCUT2D eigenvalue weighted by Crippen LogP contribution is -2.52. The number of rotatable bonds is 1. The highest BCUT2D eigenvalue weighted by Gasteiger charge is 2.52. The van der Waals surface area contributed by atoms with Gasteiger partial charge in [-0.15, -0.1) is 0 Å². The molecule has 1 aromatic heterocycles. The van der Waals surface area contributed by atoms with Crippen molar-refractivity contribution in [2.75, 3.05) is 5.73 Å². The Morgan fingerprint density at radius 1 is 1.10 bits per heavy atom. The molecule has 4 bridgehead atoms. The topological polar surface area (TPSA) is 43.8 Å². The van der Waals surface area contributed by atoms with Gasteiger partial charge < -0.3 is 10.3 Å². The molecule has 2 N–H and O–H groups in total. The van der Waals surface area contributed by atoms with Gasteiger partial charge in [0, 0.05) is 10.0 Å². The molecule has 110 valence electrons. The van der Waals surface area contributed by atoms with Crippen molar-refractivity contribution < 1.29 is 0 Å². The zero-order chi connectivity index (χ0) is 14.2. The number of anilines is 1. The molecular weight excluding hydrogens is 326 g/mol. The second-order valence-corrected chi connectivity index (χ2v) is 8.50. The summed E-state index contributed by atoms with van der Waals surface area (Å²) in [5, 5.41) is 0. The monoisotopic (exact) mass is 345 g/mol. The van der Waals surface area contributed by atoms with Crippen LogP contribution in [-0.2, 0) is 5.54 Å². The molecule has 1 aromatic carbocycles. The van der Waals surface area contributed by atoms with Crippen molar-refractivity contribution in [2.45, 2.75) is 44.1 Å². The standard InChI is InChI=1S/C17H20BrN3/c18-13-1-2-14-15(6-13)21(16(19)20-14)17-7-10-3-11(8-17)5-12(4-10)9-17/h1-2,6,10-12H,3-5,7-9H2,(H2,19,20). The first-order chi connectivity index (χ1) is 10.1. The summed E-state index contributed by atoms with van der Waals surface area (Å²) in [7, 11) is 0. The molecule has 0 aliphatic heterocycles. The van der Waals surface area contributed by atoms with E-state index in [-0.39, 0.29) is 5.54 Å². The van der Waals surface area contributed by atoms with Crippen LogP contribution < -0.4 is 5.73 Å². The Hall–Kier alpha value is -1.03. The number of nitrogen functional groups attached to an aromatic ring is 1. The van der Waals surface area contributed by atoms with Crippen molar-refractivity contribution in [3.05, 3.63) is 22.7 Å². The van der Waals surface area contributed by atoms with Crippen molar-refractivity contribution in [1.82, 2.24) is 9.55 Å². The van der Waals surface area contributed by atoms with Crippen molar-refractivity contribution >= 4 is 32.9 Å². The van der Waals surface area contributed by atoms with Crippen LogP contribution in [0.5, 0.6) is 0 Å². The molecule has 21 heavy (non-hydrogen) atoms. The highest BCUT2D eigenvalue weighted by atomic mass is 79.9. The summed E-state index contributed by atoms with van der Waals surface area (Å²) < 4.78 is 3.51. The van der Waals surface area contributed by atoms with Gasteiger partial charge in [-0.3, -0.25) is 0 Å². The Bertz CT molecular complexity index is 698. The molecule has 4 aliphatic carbocycles. The minimum absolute atomic E-state index is 0.244. The van der Waals surface area contributed by atoms with Gasteiger partial charge in [-0.2, -0.15) is 0 Å². The fraction of sp³-hybridized carbons (Fsp3) is 0.588. The van der Waals surface area contributed by atoms with E-state index in [9.17, 15) is 0 Å². The SMILES string of the molecule is Nc1nc2ccc(Br)cc2n1C12CC3CC(CC(C3)C1)C2. The van der Waals surface area contributed by atoms with Gasteiger partial charge in [-0.25, -0.2) is 4.98 Å². The van der Waals surface area contributed by atoms with Gasteiger partial charge >= 0.3 is 0 Å². The van der Waals surface area contributed by atoms with Crippen LogP contribution in [0, 0.1) is 17.8 Å². The van der Waals surface area contributed by atoms with Crippen LogP contribution in [0.1, 0.15) is 38.5 Å². The average molecular weight is 346 g/mol. The fourth-order valence-corrected chi connectivity index (χ4v) is 6.25. The van der Waals surface area contributed by atoms with Crippen LogP contribution in [-0.4, -0.2) is 9.55 Å². The van der Waals surface area contributed by atoms with Crippen molar-refractivity contribution in [3.8, 4) is 0 Å². The third-order valence-corrected chi connectivity index (χ3v) is 6.62.